The van der Waals surface area contributed by atoms with Crippen LogP contribution in [0.2, 0.25) is 0 Å². The highest BCUT2D eigenvalue weighted by Crippen LogP contribution is 2.36. The van der Waals surface area contributed by atoms with E-state index in [1.54, 1.807) is 0 Å². The number of hydrogen-bond acceptors (Lipinski definition) is 2. The van der Waals surface area contributed by atoms with E-state index in [4.69, 9.17) is 0 Å². The molecule has 2 aromatic rings. The molecule has 0 aromatic heterocycles. The molecule has 10 heteroatoms. The maximum Gasteiger partial charge on any atom is 0.416 e. The van der Waals surface area contributed by atoms with E-state index in [0.29, 0.717) is 25.1 Å². The Kier molecular flexibility index (Phi) is 6.55. The molecule has 0 spiro atoms. The summed E-state index contributed by atoms with van der Waals surface area (Å²) in [4.78, 5) is 24.5. The first kappa shape index (κ1) is 22.3. The number of anilines is 1. The first-order valence-corrected chi connectivity index (χ1v) is 8.41. The van der Waals surface area contributed by atoms with Gasteiger partial charge in [0.25, 0.3) is 11.8 Å². The van der Waals surface area contributed by atoms with Gasteiger partial charge in [-0.15, -0.1) is 0 Å². The van der Waals surface area contributed by atoms with Crippen LogP contribution in [-0.4, -0.2) is 18.4 Å². The number of benzene rings is 2. The molecule has 29 heavy (non-hydrogen) atoms. The Hall–Kier alpha value is -3.04. The monoisotopic (exact) mass is 418 g/mol. The summed E-state index contributed by atoms with van der Waals surface area (Å²) in [5, 5.41) is 4.78. The van der Waals surface area contributed by atoms with Gasteiger partial charge in [0.1, 0.15) is 0 Å². The zero-order valence-electron chi connectivity index (χ0n) is 15.0. The average molecular weight is 418 g/mol. The molecular formula is C19H16F6N2O2. The molecule has 0 heterocycles. The number of hydrogen-bond donors (Lipinski definition) is 2. The summed E-state index contributed by atoms with van der Waals surface area (Å²) in [7, 11) is 0. The topological polar surface area (TPSA) is 58.2 Å². The normalized spacial score (nSPS) is 11.8. The summed E-state index contributed by atoms with van der Waals surface area (Å²) in [6.45, 7) is 2.17. The highest BCUT2D eigenvalue weighted by atomic mass is 19.4. The number of carbonyl (C=O) groups excluding carboxylic acids is 2. The van der Waals surface area contributed by atoms with Crippen LogP contribution in [0.5, 0.6) is 0 Å². The molecule has 0 aliphatic heterocycles. The molecule has 156 valence electrons. The molecular weight excluding hydrogens is 402 g/mol. The second-order valence-corrected chi connectivity index (χ2v) is 6.05. The van der Waals surface area contributed by atoms with Crippen LogP contribution < -0.4 is 10.6 Å². The average Bonchev–Trinajstić information content (AvgIpc) is 2.64. The van der Waals surface area contributed by atoms with Crippen molar-refractivity contribution in [2.24, 2.45) is 0 Å². The van der Waals surface area contributed by atoms with Crippen molar-refractivity contribution in [1.82, 2.24) is 5.32 Å². The number of para-hydroxylation sites is 1. The van der Waals surface area contributed by atoms with Crippen LogP contribution in [0, 0.1) is 0 Å². The molecule has 0 atom stereocenters. The van der Waals surface area contributed by atoms with Gasteiger partial charge in [-0.25, -0.2) is 0 Å². The Morgan fingerprint density at radius 2 is 1.41 bits per heavy atom. The Labute approximate surface area is 161 Å². The molecule has 2 N–H and O–H groups in total. The molecule has 0 saturated carbocycles. The summed E-state index contributed by atoms with van der Waals surface area (Å²) in [5.74, 6) is -1.75. The van der Waals surface area contributed by atoms with E-state index < -0.39 is 40.9 Å². The van der Waals surface area contributed by atoms with Gasteiger partial charge in [0.05, 0.1) is 22.4 Å². The van der Waals surface area contributed by atoms with Crippen LogP contribution in [0.25, 0.3) is 0 Å². The Bertz CT molecular complexity index is 874. The van der Waals surface area contributed by atoms with Crippen molar-refractivity contribution in [3.8, 4) is 0 Å². The third-order valence-corrected chi connectivity index (χ3v) is 3.81. The lowest BCUT2D eigenvalue weighted by molar-refractivity contribution is -0.143. The van der Waals surface area contributed by atoms with Gasteiger partial charge in [0, 0.05) is 12.1 Å². The maximum atomic E-state index is 13.0. The maximum absolute atomic E-state index is 13.0. The van der Waals surface area contributed by atoms with Crippen molar-refractivity contribution < 1.29 is 35.9 Å². The number of alkyl halides is 6. The lowest BCUT2D eigenvalue weighted by Gasteiger charge is -2.15. The van der Waals surface area contributed by atoms with Crippen molar-refractivity contribution in [3.05, 3.63) is 64.7 Å². The summed E-state index contributed by atoms with van der Waals surface area (Å²) in [6.07, 6.45) is -9.51. The fourth-order valence-corrected chi connectivity index (χ4v) is 2.40. The largest absolute Gasteiger partial charge is 0.416 e. The van der Waals surface area contributed by atoms with E-state index in [1.807, 2.05) is 6.92 Å². The standard InChI is InChI=1S/C19H16F6N2O2/c1-2-7-26-17(29)14-5-3-4-6-15(14)27-16(28)11-8-12(18(20,21)22)10-13(9-11)19(23,24)25/h3-6,8-10H,2,7H2,1H3,(H,26,29)(H,27,28). The van der Waals surface area contributed by atoms with Crippen LogP contribution in [0.1, 0.15) is 45.2 Å². The van der Waals surface area contributed by atoms with Gasteiger partial charge in [-0.05, 0) is 36.8 Å². The Balaban J connectivity index is 2.40. The zero-order chi connectivity index (χ0) is 21.8. The number of carbonyl (C=O) groups is 2. The Morgan fingerprint density at radius 3 is 1.93 bits per heavy atom. The number of halogens is 6. The lowest BCUT2D eigenvalue weighted by atomic mass is 10.0. The SMILES string of the molecule is CCCNC(=O)c1ccccc1NC(=O)c1cc(C(F)(F)F)cc(C(F)(F)F)c1. The second-order valence-electron chi connectivity index (χ2n) is 6.05. The number of nitrogens with one attached hydrogen (secondary N) is 2. The van der Waals surface area contributed by atoms with Crippen molar-refractivity contribution in [2.45, 2.75) is 25.7 Å². The van der Waals surface area contributed by atoms with Crippen molar-refractivity contribution >= 4 is 17.5 Å². The van der Waals surface area contributed by atoms with E-state index in [1.165, 1.54) is 24.3 Å². The molecule has 0 aliphatic rings. The molecule has 0 bridgehead atoms. The van der Waals surface area contributed by atoms with Gasteiger partial charge in [-0.1, -0.05) is 19.1 Å². The zero-order valence-corrected chi connectivity index (χ0v) is 15.0. The van der Waals surface area contributed by atoms with Crippen LogP contribution in [-0.2, 0) is 12.4 Å². The van der Waals surface area contributed by atoms with Crippen molar-refractivity contribution in [1.29, 1.82) is 0 Å². The highest BCUT2D eigenvalue weighted by Gasteiger charge is 2.37. The summed E-state index contributed by atoms with van der Waals surface area (Å²) < 4.78 is 77.8. The molecule has 0 saturated heterocycles. The van der Waals surface area contributed by atoms with Crippen LogP contribution in [0.3, 0.4) is 0 Å². The smallest absolute Gasteiger partial charge is 0.352 e. The first-order valence-electron chi connectivity index (χ1n) is 8.41. The van der Waals surface area contributed by atoms with E-state index in [9.17, 15) is 35.9 Å². The molecule has 0 fully saturated rings. The minimum atomic E-state index is -5.08. The van der Waals surface area contributed by atoms with Gasteiger partial charge in [-0.3, -0.25) is 9.59 Å². The highest BCUT2D eigenvalue weighted by molar-refractivity contribution is 6.09. The van der Waals surface area contributed by atoms with Crippen LogP contribution >= 0.6 is 0 Å². The van der Waals surface area contributed by atoms with E-state index >= 15 is 0 Å². The first-order chi connectivity index (χ1) is 13.4. The van der Waals surface area contributed by atoms with Gasteiger partial charge >= 0.3 is 12.4 Å². The van der Waals surface area contributed by atoms with E-state index in [-0.39, 0.29) is 17.3 Å². The molecule has 2 amide bonds. The number of rotatable bonds is 5. The van der Waals surface area contributed by atoms with Crippen molar-refractivity contribution in [2.75, 3.05) is 11.9 Å². The lowest BCUT2D eigenvalue weighted by Crippen LogP contribution is -2.26. The molecule has 4 nitrogen and oxygen atoms in total. The molecule has 0 aliphatic carbocycles. The summed E-state index contributed by atoms with van der Waals surface area (Å²) in [6, 6.07) is 6.23. The minimum absolute atomic E-state index is 0.0253. The minimum Gasteiger partial charge on any atom is -0.352 e. The quantitative estimate of drug-likeness (QED) is 0.663. The fourth-order valence-electron chi connectivity index (χ4n) is 2.40. The predicted octanol–water partition coefficient (Wildman–Crippen LogP) is 5.12. The molecule has 0 unspecified atom stereocenters. The summed E-state index contributed by atoms with van der Waals surface area (Å²) in [5.41, 5.74) is -4.07. The third-order valence-electron chi connectivity index (χ3n) is 3.81. The second kappa shape index (κ2) is 8.54. The van der Waals surface area contributed by atoms with Crippen LogP contribution in [0.15, 0.2) is 42.5 Å². The molecule has 2 aromatic carbocycles. The van der Waals surface area contributed by atoms with E-state index in [0.717, 1.165) is 0 Å². The van der Waals surface area contributed by atoms with Gasteiger partial charge in [0.15, 0.2) is 0 Å². The Morgan fingerprint density at radius 1 is 0.862 bits per heavy atom. The molecule has 2 rings (SSSR count). The predicted molar refractivity (Wildman–Crippen MR) is 93.5 cm³/mol. The van der Waals surface area contributed by atoms with Gasteiger partial charge in [-0.2, -0.15) is 26.3 Å². The summed E-state index contributed by atoms with van der Waals surface area (Å²) >= 11 is 0. The van der Waals surface area contributed by atoms with E-state index in [2.05, 4.69) is 10.6 Å². The van der Waals surface area contributed by atoms with Gasteiger partial charge < -0.3 is 10.6 Å². The number of amides is 2. The third kappa shape index (κ3) is 5.72. The fraction of sp³-hybridized carbons (Fsp3) is 0.263. The van der Waals surface area contributed by atoms with Crippen LogP contribution in [0.4, 0.5) is 32.0 Å². The molecule has 0 radical (unpaired) electrons. The van der Waals surface area contributed by atoms with Crippen molar-refractivity contribution in [3.63, 3.8) is 0 Å². The van der Waals surface area contributed by atoms with Gasteiger partial charge in [0.2, 0.25) is 0 Å².